The summed E-state index contributed by atoms with van der Waals surface area (Å²) in [5.41, 5.74) is 7.18. The van der Waals surface area contributed by atoms with Gasteiger partial charge < -0.3 is 15.7 Å². The average Bonchev–Trinajstić information content (AvgIpc) is 2.95. The number of nitrogens with two attached hydrogens (primary N) is 1. The standard InChI is InChI=1S/C18H21ClF3N5O/c19-13-4-10(6-24-17(13)23)14-5-15(27(25-14)9-18(20,21)22)16-11-7-26(2-1-3-28)8-12(11)16/h4-6,11-12,16,28H,1-3,7-9H2,(H2,23,24)/t11-,12+,16+. The zero-order chi connectivity index (χ0) is 20.1. The van der Waals surface area contributed by atoms with Crippen molar-refractivity contribution in [3.63, 3.8) is 0 Å². The predicted molar refractivity (Wildman–Crippen MR) is 98.8 cm³/mol. The van der Waals surface area contributed by atoms with E-state index in [0.717, 1.165) is 24.3 Å². The Kier molecular flexibility index (Phi) is 5.01. The minimum atomic E-state index is -4.35. The molecule has 0 unspecified atom stereocenters. The van der Waals surface area contributed by atoms with Crippen LogP contribution >= 0.6 is 11.6 Å². The normalized spacial score (nSPS) is 24.5. The summed E-state index contributed by atoms with van der Waals surface area (Å²) in [5, 5.41) is 13.4. The maximum Gasteiger partial charge on any atom is 0.408 e. The van der Waals surface area contributed by atoms with Gasteiger partial charge >= 0.3 is 6.18 Å². The van der Waals surface area contributed by atoms with Crippen molar-refractivity contribution in [3.8, 4) is 11.3 Å². The second-order valence-corrected chi connectivity index (χ2v) is 7.92. The molecule has 4 rings (SSSR count). The smallest absolute Gasteiger partial charge is 0.396 e. The van der Waals surface area contributed by atoms with E-state index >= 15 is 0 Å². The van der Waals surface area contributed by atoms with Gasteiger partial charge in [-0.05, 0) is 30.4 Å². The minimum absolute atomic E-state index is 0.0752. The lowest BCUT2D eigenvalue weighted by Gasteiger charge is -2.19. The largest absolute Gasteiger partial charge is 0.408 e. The summed E-state index contributed by atoms with van der Waals surface area (Å²) >= 11 is 6.00. The Morgan fingerprint density at radius 2 is 1.96 bits per heavy atom. The molecule has 2 aromatic heterocycles. The second kappa shape index (κ2) is 7.20. The number of likely N-dealkylation sites (tertiary alicyclic amines) is 1. The van der Waals surface area contributed by atoms with Crippen LogP contribution in [-0.2, 0) is 6.54 Å². The molecule has 1 saturated carbocycles. The van der Waals surface area contributed by atoms with Crippen LogP contribution in [0.3, 0.4) is 0 Å². The SMILES string of the molecule is Nc1ncc(-c2cc([C@H]3[C@@H]4CN(CCCO)C[C@@H]43)n(CC(F)(F)F)n2)cc1Cl. The third-order valence-electron chi connectivity index (χ3n) is 5.55. The summed E-state index contributed by atoms with van der Waals surface area (Å²) in [5.74, 6) is 0.915. The van der Waals surface area contributed by atoms with Crippen molar-refractivity contribution in [1.29, 1.82) is 0 Å². The number of aromatic nitrogens is 3. The quantitative estimate of drug-likeness (QED) is 0.758. The van der Waals surface area contributed by atoms with Crippen LogP contribution in [0.4, 0.5) is 19.0 Å². The molecule has 2 aliphatic rings. The van der Waals surface area contributed by atoms with E-state index in [4.69, 9.17) is 22.4 Å². The highest BCUT2D eigenvalue weighted by Gasteiger charge is 2.57. The molecule has 1 aliphatic carbocycles. The Bertz CT molecular complexity index is 859. The number of halogens is 4. The molecule has 6 nitrogen and oxygen atoms in total. The van der Waals surface area contributed by atoms with Gasteiger partial charge in [-0.2, -0.15) is 18.3 Å². The third kappa shape index (κ3) is 3.83. The van der Waals surface area contributed by atoms with E-state index in [0.29, 0.717) is 35.2 Å². The van der Waals surface area contributed by atoms with Gasteiger partial charge in [-0.15, -0.1) is 0 Å². The highest BCUT2D eigenvalue weighted by molar-refractivity contribution is 6.33. The maximum absolute atomic E-state index is 13.1. The highest BCUT2D eigenvalue weighted by atomic mass is 35.5. The fourth-order valence-electron chi connectivity index (χ4n) is 4.25. The van der Waals surface area contributed by atoms with Crippen molar-refractivity contribution in [3.05, 3.63) is 29.0 Å². The van der Waals surface area contributed by atoms with E-state index in [1.54, 1.807) is 12.1 Å². The van der Waals surface area contributed by atoms with E-state index in [2.05, 4.69) is 15.0 Å². The molecular formula is C18H21ClF3N5O. The topological polar surface area (TPSA) is 80.2 Å². The lowest BCUT2D eigenvalue weighted by atomic mass is 10.1. The van der Waals surface area contributed by atoms with Gasteiger partial charge in [0.15, 0.2) is 0 Å². The van der Waals surface area contributed by atoms with Crippen molar-refractivity contribution in [2.75, 3.05) is 32.0 Å². The van der Waals surface area contributed by atoms with Crippen LogP contribution in [0.5, 0.6) is 0 Å². The minimum Gasteiger partial charge on any atom is -0.396 e. The number of pyridine rings is 1. The Morgan fingerprint density at radius 1 is 1.25 bits per heavy atom. The number of alkyl halides is 3. The van der Waals surface area contributed by atoms with Crippen LogP contribution in [0.15, 0.2) is 18.3 Å². The number of nitrogens with zero attached hydrogens (tertiary/aromatic N) is 4. The van der Waals surface area contributed by atoms with Crippen LogP contribution in [0, 0.1) is 11.8 Å². The Labute approximate surface area is 165 Å². The van der Waals surface area contributed by atoms with Crippen LogP contribution in [-0.4, -0.2) is 57.2 Å². The van der Waals surface area contributed by atoms with Crippen molar-refractivity contribution in [2.45, 2.75) is 25.1 Å². The molecule has 152 valence electrons. The number of rotatable bonds is 6. The maximum atomic E-state index is 13.1. The second-order valence-electron chi connectivity index (χ2n) is 7.51. The molecule has 0 bridgehead atoms. The Morgan fingerprint density at radius 3 is 2.57 bits per heavy atom. The molecule has 0 radical (unpaired) electrons. The van der Waals surface area contributed by atoms with Crippen molar-refractivity contribution in [2.24, 2.45) is 11.8 Å². The molecule has 0 spiro atoms. The fourth-order valence-corrected chi connectivity index (χ4v) is 4.42. The first-order valence-electron chi connectivity index (χ1n) is 9.16. The van der Waals surface area contributed by atoms with Gasteiger partial charge in [-0.3, -0.25) is 4.68 Å². The van der Waals surface area contributed by atoms with Gasteiger partial charge in [-0.1, -0.05) is 11.6 Å². The molecule has 0 aromatic carbocycles. The number of fused-ring (bicyclic) bond motifs is 1. The Balaban J connectivity index is 1.58. The summed E-state index contributed by atoms with van der Waals surface area (Å²) in [6.45, 7) is 1.53. The molecule has 10 heteroatoms. The Hall–Kier alpha value is -1.84. The molecular weight excluding hydrogens is 395 g/mol. The lowest BCUT2D eigenvalue weighted by Crippen LogP contribution is -2.27. The number of anilines is 1. The van der Waals surface area contributed by atoms with E-state index in [1.807, 2.05) is 0 Å². The van der Waals surface area contributed by atoms with Gasteiger partial charge in [0.1, 0.15) is 12.4 Å². The van der Waals surface area contributed by atoms with Crippen LogP contribution in [0.1, 0.15) is 18.0 Å². The highest BCUT2D eigenvalue weighted by Crippen LogP contribution is 2.58. The van der Waals surface area contributed by atoms with Crippen LogP contribution in [0.25, 0.3) is 11.3 Å². The molecule has 3 heterocycles. The summed E-state index contributed by atoms with van der Waals surface area (Å²) < 4.78 is 40.3. The number of nitrogen functional groups attached to an aromatic ring is 1. The average molecular weight is 416 g/mol. The molecule has 0 amide bonds. The van der Waals surface area contributed by atoms with Crippen molar-refractivity contribution in [1.82, 2.24) is 19.7 Å². The first-order chi connectivity index (χ1) is 13.3. The molecule has 1 saturated heterocycles. The fraction of sp³-hybridized carbons (Fsp3) is 0.556. The number of hydrogen-bond acceptors (Lipinski definition) is 5. The summed E-state index contributed by atoms with van der Waals surface area (Å²) in [6.07, 6.45) is -2.17. The van der Waals surface area contributed by atoms with Crippen LogP contribution in [0.2, 0.25) is 5.02 Å². The van der Waals surface area contributed by atoms with E-state index in [1.165, 1.54) is 6.20 Å². The predicted octanol–water partition coefficient (Wildman–Crippen LogP) is 2.77. The van der Waals surface area contributed by atoms with E-state index < -0.39 is 12.7 Å². The van der Waals surface area contributed by atoms with Gasteiger partial charge in [-0.25, -0.2) is 4.98 Å². The van der Waals surface area contributed by atoms with Gasteiger partial charge in [0.2, 0.25) is 0 Å². The number of aliphatic hydroxyl groups is 1. The lowest BCUT2D eigenvalue weighted by molar-refractivity contribution is -0.143. The van der Waals surface area contributed by atoms with Crippen molar-refractivity contribution >= 4 is 17.4 Å². The summed E-state index contributed by atoms with van der Waals surface area (Å²) in [6, 6.07) is 3.29. The monoisotopic (exact) mass is 415 g/mol. The zero-order valence-electron chi connectivity index (χ0n) is 15.0. The van der Waals surface area contributed by atoms with E-state index in [-0.39, 0.29) is 23.4 Å². The number of aliphatic hydroxyl groups excluding tert-OH is 1. The van der Waals surface area contributed by atoms with Gasteiger partial charge in [0, 0.05) is 49.6 Å². The molecule has 3 N–H and O–H groups in total. The first kappa shape index (κ1) is 19.5. The van der Waals surface area contributed by atoms with Gasteiger partial charge in [0.25, 0.3) is 0 Å². The molecule has 2 fully saturated rings. The third-order valence-corrected chi connectivity index (χ3v) is 5.85. The van der Waals surface area contributed by atoms with Gasteiger partial charge in [0.05, 0.1) is 10.7 Å². The molecule has 3 atom stereocenters. The zero-order valence-corrected chi connectivity index (χ0v) is 15.8. The summed E-state index contributed by atoms with van der Waals surface area (Å²) in [4.78, 5) is 6.23. The van der Waals surface area contributed by atoms with Crippen LogP contribution < -0.4 is 5.73 Å². The molecule has 2 aromatic rings. The van der Waals surface area contributed by atoms with E-state index in [9.17, 15) is 13.2 Å². The number of hydrogen-bond donors (Lipinski definition) is 2. The van der Waals surface area contributed by atoms with Crippen molar-refractivity contribution < 1.29 is 18.3 Å². The molecule has 1 aliphatic heterocycles. The number of piperidine rings is 1. The first-order valence-corrected chi connectivity index (χ1v) is 9.53. The molecule has 28 heavy (non-hydrogen) atoms. The summed E-state index contributed by atoms with van der Waals surface area (Å²) in [7, 11) is 0.